The molecule has 1 amide bonds. The molecule has 1 aliphatic rings. The van der Waals surface area contributed by atoms with Crippen LogP contribution in [0.4, 0.5) is 0 Å². The van der Waals surface area contributed by atoms with Crippen molar-refractivity contribution < 1.29 is 9.21 Å². The van der Waals surface area contributed by atoms with Crippen molar-refractivity contribution in [3.8, 4) is 11.5 Å². The van der Waals surface area contributed by atoms with E-state index in [0.717, 1.165) is 22.0 Å². The van der Waals surface area contributed by atoms with Gasteiger partial charge < -0.3 is 14.3 Å². The maximum Gasteiger partial charge on any atom is 0.229 e. The molecular formula is C23H20BrN3O2. The lowest BCUT2D eigenvalue weighted by molar-refractivity contribution is -0.131. The maximum atomic E-state index is 13.0. The normalized spacial score (nSPS) is 13.7. The van der Waals surface area contributed by atoms with Gasteiger partial charge in [-0.2, -0.15) is 0 Å². The number of rotatable bonds is 3. The number of aromatic nitrogens is 2. The van der Waals surface area contributed by atoms with E-state index in [1.165, 1.54) is 16.6 Å². The number of aromatic amines is 1. The first-order chi connectivity index (χ1) is 14.1. The number of hydrogen-bond acceptors (Lipinski definition) is 3. The summed E-state index contributed by atoms with van der Waals surface area (Å²) < 4.78 is 6.86. The molecule has 0 fully saturated rings. The first-order valence-electron chi connectivity index (χ1n) is 9.67. The number of carbonyl (C=O) groups is 1. The molecule has 29 heavy (non-hydrogen) atoms. The van der Waals surface area contributed by atoms with Gasteiger partial charge >= 0.3 is 0 Å². The van der Waals surface area contributed by atoms with E-state index in [2.05, 4.69) is 32.0 Å². The van der Waals surface area contributed by atoms with E-state index < -0.39 is 0 Å². The molecule has 5 nitrogen and oxygen atoms in total. The Hall–Kier alpha value is -2.86. The number of carbonyl (C=O) groups excluding carboxylic acids is 1. The summed E-state index contributed by atoms with van der Waals surface area (Å²) in [5.74, 6) is 1.34. The highest BCUT2D eigenvalue weighted by atomic mass is 79.9. The minimum absolute atomic E-state index is 0.0796. The number of oxazole rings is 1. The Kier molecular flexibility index (Phi) is 4.51. The number of nitrogens with one attached hydrogen (secondary N) is 1. The average Bonchev–Trinajstić information content (AvgIpc) is 3.30. The summed E-state index contributed by atoms with van der Waals surface area (Å²) >= 11 is 3.61. The molecule has 2 aromatic carbocycles. The number of halogens is 1. The van der Waals surface area contributed by atoms with Crippen LogP contribution in [0.5, 0.6) is 0 Å². The average molecular weight is 450 g/mol. The van der Waals surface area contributed by atoms with Crippen LogP contribution in [0.1, 0.15) is 22.7 Å². The minimum Gasteiger partial charge on any atom is -0.441 e. The number of amides is 1. The van der Waals surface area contributed by atoms with Gasteiger partial charge in [0.05, 0.1) is 17.6 Å². The van der Waals surface area contributed by atoms with Gasteiger partial charge in [-0.3, -0.25) is 4.79 Å². The van der Waals surface area contributed by atoms with Crippen LogP contribution in [0, 0.1) is 6.92 Å². The van der Waals surface area contributed by atoms with Crippen molar-refractivity contribution >= 4 is 32.7 Å². The molecule has 0 spiro atoms. The molecule has 3 heterocycles. The van der Waals surface area contributed by atoms with Crippen molar-refractivity contribution in [2.45, 2.75) is 26.3 Å². The van der Waals surface area contributed by atoms with Crippen molar-refractivity contribution in [2.75, 3.05) is 6.54 Å². The van der Waals surface area contributed by atoms with E-state index in [0.29, 0.717) is 30.4 Å². The number of aryl methyl sites for hydroxylation is 1. The summed E-state index contributed by atoms with van der Waals surface area (Å²) in [5.41, 5.74) is 5.16. The Balaban J connectivity index is 1.37. The van der Waals surface area contributed by atoms with Gasteiger partial charge in [-0.05, 0) is 41.1 Å². The summed E-state index contributed by atoms with van der Waals surface area (Å²) in [7, 11) is 0. The monoisotopic (exact) mass is 449 g/mol. The highest BCUT2D eigenvalue weighted by Crippen LogP contribution is 2.32. The molecule has 6 heteroatoms. The Morgan fingerprint density at radius 1 is 1.21 bits per heavy atom. The highest BCUT2D eigenvalue weighted by molar-refractivity contribution is 9.10. The van der Waals surface area contributed by atoms with Crippen LogP contribution in [0.2, 0.25) is 0 Å². The third kappa shape index (κ3) is 3.27. The molecule has 0 saturated heterocycles. The zero-order valence-corrected chi connectivity index (χ0v) is 17.6. The molecule has 1 aliphatic heterocycles. The lowest BCUT2D eigenvalue weighted by atomic mass is 10.0. The highest BCUT2D eigenvalue weighted by Gasteiger charge is 2.26. The molecule has 0 bridgehead atoms. The van der Waals surface area contributed by atoms with Crippen LogP contribution in [0.25, 0.3) is 22.4 Å². The third-order valence-corrected chi connectivity index (χ3v) is 6.21. The number of hydrogen-bond donors (Lipinski definition) is 1. The minimum atomic E-state index is 0.0796. The zero-order valence-electron chi connectivity index (χ0n) is 16.0. The van der Waals surface area contributed by atoms with Gasteiger partial charge in [0.2, 0.25) is 11.8 Å². The molecular weight excluding hydrogens is 430 g/mol. The van der Waals surface area contributed by atoms with E-state index >= 15 is 0 Å². The van der Waals surface area contributed by atoms with Crippen LogP contribution < -0.4 is 0 Å². The van der Waals surface area contributed by atoms with Crippen molar-refractivity contribution in [3.05, 3.63) is 75.7 Å². The number of benzene rings is 2. The van der Waals surface area contributed by atoms with Crippen molar-refractivity contribution in [1.82, 2.24) is 14.9 Å². The third-order valence-electron chi connectivity index (χ3n) is 5.54. The smallest absolute Gasteiger partial charge is 0.229 e. The molecule has 0 unspecified atom stereocenters. The van der Waals surface area contributed by atoms with Crippen LogP contribution in [0.15, 0.2) is 57.4 Å². The molecule has 0 atom stereocenters. The predicted molar refractivity (Wildman–Crippen MR) is 115 cm³/mol. The zero-order chi connectivity index (χ0) is 20.0. The fraction of sp³-hybridized carbons (Fsp3) is 0.217. The largest absolute Gasteiger partial charge is 0.441 e. The summed E-state index contributed by atoms with van der Waals surface area (Å²) in [5, 5.41) is 1.18. The molecule has 5 rings (SSSR count). The van der Waals surface area contributed by atoms with Gasteiger partial charge in [-0.25, -0.2) is 4.98 Å². The SMILES string of the molecule is Cc1oc(-c2ccccc2)nc1CC(=O)N1CCc2[nH]c3c(Br)cccc3c2C1. The molecule has 1 N–H and O–H groups in total. The van der Waals surface area contributed by atoms with Crippen molar-refractivity contribution in [1.29, 1.82) is 0 Å². The van der Waals surface area contributed by atoms with E-state index in [-0.39, 0.29) is 12.3 Å². The van der Waals surface area contributed by atoms with Gasteiger partial charge in [0.15, 0.2) is 0 Å². The van der Waals surface area contributed by atoms with Crippen molar-refractivity contribution in [2.24, 2.45) is 0 Å². The fourth-order valence-corrected chi connectivity index (χ4v) is 4.43. The molecule has 2 aromatic heterocycles. The van der Waals surface area contributed by atoms with E-state index in [1.54, 1.807) is 0 Å². The molecule has 0 aliphatic carbocycles. The second-order valence-electron chi connectivity index (χ2n) is 7.37. The molecule has 0 saturated carbocycles. The second-order valence-corrected chi connectivity index (χ2v) is 8.23. The number of nitrogens with zero attached hydrogens (tertiary/aromatic N) is 2. The Morgan fingerprint density at radius 3 is 2.86 bits per heavy atom. The van der Waals surface area contributed by atoms with Gasteiger partial charge in [0, 0.05) is 46.2 Å². The van der Waals surface area contributed by atoms with Crippen LogP contribution >= 0.6 is 15.9 Å². The number of para-hydroxylation sites is 1. The van der Waals surface area contributed by atoms with E-state index in [1.807, 2.05) is 54.3 Å². The maximum absolute atomic E-state index is 13.0. The summed E-state index contributed by atoms with van der Waals surface area (Å²) in [4.78, 5) is 23.0. The Morgan fingerprint density at radius 2 is 2.03 bits per heavy atom. The quantitative estimate of drug-likeness (QED) is 0.477. The molecule has 146 valence electrons. The van der Waals surface area contributed by atoms with Crippen LogP contribution in [-0.2, 0) is 24.2 Å². The summed E-state index contributed by atoms with van der Waals surface area (Å²) in [6, 6.07) is 15.9. The lowest BCUT2D eigenvalue weighted by Gasteiger charge is -2.27. The van der Waals surface area contributed by atoms with Gasteiger partial charge in [-0.15, -0.1) is 0 Å². The van der Waals surface area contributed by atoms with Gasteiger partial charge in [0.25, 0.3) is 0 Å². The summed E-state index contributed by atoms with van der Waals surface area (Å²) in [6.45, 7) is 3.19. The fourth-order valence-electron chi connectivity index (χ4n) is 3.97. The first-order valence-corrected chi connectivity index (χ1v) is 10.5. The first kappa shape index (κ1) is 18.2. The van der Waals surface area contributed by atoms with Crippen LogP contribution in [0.3, 0.4) is 0 Å². The van der Waals surface area contributed by atoms with Gasteiger partial charge in [-0.1, -0.05) is 30.3 Å². The Labute approximate surface area is 176 Å². The Bertz CT molecular complexity index is 1210. The number of H-pyrrole nitrogens is 1. The predicted octanol–water partition coefficient (Wildman–Crippen LogP) is 5.02. The number of fused-ring (bicyclic) bond motifs is 3. The van der Waals surface area contributed by atoms with Crippen molar-refractivity contribution in [3.63, 3.8) is 0 Å². The second kappa shape index (κ2) is 7.19. The topological polar surface area (TPSA) is 62.1 Å². The standard InChI is InChI=1S/C23H20BrN3O2/c1-14-20(26-23(29-14)15-6-3-2-4-7-15)12-21(28)27-11-10-19-17(13-27)16-8-5-9-18(24)22(16)25-19/h2-9,25H,10-13H2,1H3. The van der Waals surface area contributed by atoms with E-state index in [9.17, 15) is 4.79 Å². The molecule has 0 radical (unpaired) electrons. The van der Waals surface area contributed by atoms with Crippen LogP contribution in [-0.4, -0.2) is 27.3 Å². The van der Waals surface area contributed by atoms with E-state index in [4.69, 9.17) is 4.42 Å². The summed E-state index contributed by atoms with van der Waals surface area (Å²) in [6.07, 6.45) is 1.08. The molecule has 4 aromatic rings. The lowest BCUT2D eigenvalue weighted by Crippen LogP contribution is -2.36. The van der Waals surface area contributed by atoms with Gasteiger partial charge in [0.1, 0.15) is 5.76 Å².